The molecule has 1 aromatic rings. The molecule has 0 aliphatic rings. The highest BCUT2D eigenvalue weighted by Gasteiger charge is 2.10. The molecule has 1 rings (SSSR count). The third-order valence-electron chi connectivity index (χ3n) is 2.17. The van der Waals surface area contributed by atoms with E-state index in [2.05, 4.69) is 16.6 Å². The normalized spacial score (nSPS) is 9.60. The number of anilines is 1. The Labute approximate surface area is 126 Å². The van der Waals surface area contributed by atoms with Crippen LogP contribution in [0, 0.1) is 12.3 Å². The first-order valence-electron chi connectivity index (χ1n) is 5.63. The van der Waals surface area contributed by atoms with Gasteiger partial charge in [0, 0.05) is 18.0 Å². The van der Waals surface area contributed by atoms with Crippen molar-refractivity contribution in [1.29, 1.82) is 0 Å². The highest BCUT2D eigenvalue weighted by molar-refractivity contribution is 7.99. The first-order valence-corrected chi connectivity index (χ1v) is 7.16. The van der Waals surface area contributed by atoms with E-state index in [1.54, 1.807) is 0 Å². The fraction of sp³-hybridized carbons (Fsp3) is 0.231. The Morgan fingerprint density at radius 3 is 2.85 bits per heavy atom. The number of carboxylic acids is 1. The number of carboxylic acid groups (broad SMARTS) is 1. The van der Waals surface area contributed by atoms with Crippen LogP contribution >= 0.6 is 23.4 Å². The molecule has 0 aliphatic heterocycles. The second kappa shape index (κ2) is 8.35. The number of amides is 2. The van der Waals surface area contributed by atoms with Crippen LogP contribution in [0.3, 0.4) is 0 Å². The van der Waals surface area contributed by atoms with Crippen LogP contribution in [-0.4, -0.2) is 35.2 Å². The largest absolute Gasteiger partial charge is 0.478 e. The third kappa shape index (κ3) is 5.43. The average Bonchev–Trinajstić information content (AvgIpc) is 2.40. The summed E-state index contributed by atoms with van der Waals surface area (Å²) in [4.78, 5) is 22.5. The Bertz CT molecular complexity index is 543. The molecule has 7 heteroatoms. The molecule has 0 atom stereocenters. The number of terminal acetylenes is 1. The van der Waals surface area contributed by atoms with Crippen molar-refractivity contribution in [2.75, 3.05) is 23.4 Å². The number of rotatable bonds is 6. The van der Waals surface area contributed by atoms with Crippen LogP contribution in [0.5, 0.6) is 0 Å². The molecule has 0 radical (unpaired) electrons. The average molecular weight is 313 g/mol. The molecule has 0 unspecified atom stereocenters. The van der Waals surface area contributed by atoms with Crippen molar-refractivity contribution in [3.05, 3.63) is 28.8 Å². The lowest BCUT2D eigenvalue weighted by molar-refractivity contribution is 0.0697. The van der Waals surface area contributed by atoms with Crippen molar-refractivity contribution in [2.24, 2.45) is 0 Å². The molecule has 0 heterocycles. The number of carbonyl (C=O) groups excluding carboxylic acids is 1. The fourth-order valence-electron chi connectivity index (χ4n) is 1.31. The Morgan fingerprint density at radius 1 is 1.45 bits per heavy atom. The molecule has 0 spiro atoms. The lowest BCUT2D eigenvalue weighted by atomic mass is 10.2. The maximum Gasteiger partial charge on any atom is 0.337 e. The van der Waals surface area contributed by atoms with Crippen LogP contribution in [0.25, 0.3) is 0 Å². The van der Waals surface area contributed by atoms with E-state index >= 15 is 0 Å². The highest BCUT2D eigenvalue weighted by atomic mass is 35.5. The molecule has 0 saturated heterocycles. The first kappa shape index (κ1) is 16.2. The SMILES string of the molecule is C#CCSCCNC(=O)Nc1ccc(Cl)c(C(=O)O)c1. The summed E-state index contributed by atoms with van der Waals surface area (Å²) in [6.45, 7) is 0.470. The number of thioether (sulfide) groups is 1. The third-order valence-corrected chi connectivity index (χ3v) is 3.37. The monoisotopic (exact) mass is 312 g/mol. The fourth-order valence-corrected chi connectivity index (χ4v) is 2.02. The van der Waals surface area contributed by atoms with Crippen molar-refractivity contribution < 1.29 is 14.7 Å². The van der Waals surface area contributed by atoms with E-state index in [0.717, 1.165) is 0 Å². The maximum atomic E-state index is 11.6. The van der Waals surface area contributed by atoms with E-state index in [9.17, 15) is 9.59 Å². The van der Waals surface area contributed by atoms with E-state index in [1.165, 1.54) is 30.0 Å². The van der Waals surface area contributed by atoms with E-state index in [0.29, 0.717) is 23.7 Å². The van der Waals surface area contributed by atoms with E-state index < -0.39 is 12.0 Å². The summed E-state index contributed by atoms with van der Waals surface area (Å²) < 4.78 is 0. The van der Waals surface area contributed by atoms with Crippen LogP contribution in [0.2, 0.25) is 5.02 Å². The number of halogens is 1. The van der Waals surface area contributed by atoms with Crippen molar-refractivity contribution in [3.8, 4) is 12.3 Å². The maximum absolute atomic E-state index is 11.6. The van der Waals surface area contributed by atoms with Gasteiger partial charge in [-0.2, -0.15) is 0 Å². The van der Waals surface area contributed by atoms with Crippen LogP contribution < -0.4 is 10.6 Å². The standard InChI is InChI=1S/C13H13ClN2O3S/c1-2-6-20-7-5-15-13(19)16-9-3-4-11(14)10(8-9)12(17)18/h1,3-4,8H,5-7H2,(H,17,18)(H2,15,16,19). The molecule has 0 saturated carbocycles. The zero-order chi connectivity index (χ0) is 15.0. The van der Waals surface area contributed by atoms with Crippen molar-refractivity contribution in [3.63, 3.8) is 0 Å². The topological polar surface area (TPSA) is 78.4 Å². The molecular formula is C13H13ClN2O3S. The van der Waals surface area contributed by atoms with Gasteiger partial charge in [0.25, 0.3) is 0 Å². The summed E-state index contributed by atoms with van der Waals surface area (Å²) >= 11 is 7.27. The predicted octanol–water partition coefficient (Wildman–Crippen LogP) is 2.53. The van der Waals surface area contributed by atoms with Gasteiger partial charge in [0.1, 0.15) is 0 Å². The molecule has 106 valence electrons. The Hall–Kier alpha value is -1.84. The molecule has 0 aromatic heterocycles. The minimum absolute atomic E-state index is 0.0611. The van der Waals surface area contributed by atoms with E-state index in [4.69, 9.17) is 23.1 Å². The summed E-state index contributed by atoms with van der Waals surface area (Å²) in [5, 5.41) is 14.2. The molecule has 2 amide bonds. The van der Waals surface area contributed by atoms with Gasteiger partial charge in [-0.15, -0.1) is 18.2 Å². The number of hydrogen-bond acceptors (Lipinski definition) is 3. The van der Waals surface area contributed by atoms with Crippen LogP contribution in [-0.2, 0) is 0 Å². The predicted molar refractivity (Wildman–Crippen MR) is 81.6 cm³/mol. The Kier molecular flexibility index (Phi) is 6.77. The molecule has 5 nitrogen and oxygen atoms in total. The van der Waals surface area contributed by atoms with Gasteiger partial charge in [0.05, 0.1) is 16.3 Å². The molecule has 20 heavy (non-hydrogen) atoms. The molecule has 0 aliphatic carbocycles. The lowest BCUT2D eigenvalue weighted by Gasteiger charge is -2.08. The number of aromatic carboxylic acids is 1. The van der Waals surface area contributed by atoms with Gasteiger partial charge in [-0.25, -0.2) is 9.59 Å². The number of urea groups is 1. The molecule has 3 N–H and O–H groups in total. The lowest BCUT2D eigenvalue weighted by Crippen LogP contribution is -2.30. The molecule has 1 aromatic carbocycles. The quantitative estimate of drug-likeness (QED) is 0.557. The number of nitrogens with one attached hydrogen (secondary N) is 2. The summed E-state index contributed by atoms with van der Waals surface area (Å²) in [5.41, 5.74) is 0.301. The number of benzene rings is 1. The van der Waals surface area contributed by atoms with Gasteiger partial charge in [-0.05, 0) is 18.2 Å². The first-order chi connectivity index (χ1) is 9.54. The second-order valence-electron chi connectivity index (χ2n) is 3.64. The van der Waals surface area contributed by atoms with Crippen LogP contribution in [0.4, 0.5) is 10.5 Å². The summed E-state index contributed by atoms with van der Waals surface area (Å²) in [5.74, 6) is 2.64. The van der Waals surface area contributed by atoms with Gasteiger partial charge in [-0.1, -0.05) is 17.5 Å². The van der Waals surface area contributed by atoms with E-state index in [1.807, 2.05) is 0 Å². The molecule has 0 fully saturated rings. The minimum Gasteiger partial charge on any atom is -0.478 e. The second-order valence-corrected chi connectivity index (χ2v) is 5.15. The van der Waals surface area contributed by atoms with Gasteiger partial charge >= 0.3 is 12.0 Å². The van der Waals surface area contributed by atoms with Crippen molar-refractivity contribution in [2.45, 2.75) is 0 Å². The smallest absolute Gasteiger partial charge is 0.337 e. The zero-order valence-corrected chi connectivity index (χ0v) is 12.1. The molecular weight excluding hydrogens is 300 g/mol. The van der Waals surface area contributed by atoms with Gasteiger partial charge < -0.3 is 15.7 Å². The van der Waals surface area contributed by atoms with Crippen molar-refractivity contribution >= 4 is 41.1 Å². The van der Waals surface area contributed by atoms with Crippen LogP contribution in [0.15, 0.2) is 18.2 Å². The van der Waals surface area contributed by atoms with Crippen molar-refractivity contribution in [1.82, 2.24) is 5.32 Å². The van der Waals surface area contributed by atoms with E-state index in [-0.39, 0.29) is 10.6 Å². The highest BCUT2D eigenvalue weighted by Crippen LogP contribution is 2.20. The summed E-state index contributed by atoms with van der Waals surface area (Å²) in [7, 11) is 0. The number of carbonyl (C=O) groups is 2. The Balaban J connectivity index is 2.48. The zero-order valence-electron chi connectivity index (χ0n) is 10.5. The Morgan fingerprint density at radius 2 is 2.20 bits per heavy atom. The minimum atomic E-state index is -1.15. The number of hydrogen-bond donors (Lipinski definition) is 3. The van der Waals surface area contributed by atoms with Gasteiger partial charge in [0.2, 0.25) is 0 Å². The molecule has 0 bridgehead atoms. The van der Waals surface area contributed by atoms with Gasteiger partial charge in [0.15, 0.2) is 0 Å². The van der Waals surface area contributed by atoms with Gasteiger partial charge in [-0.3, -0.25) is 0 Å². The summed E-state index contributed by atoms with van der Waals surface area (Å²) in [6.07, 6.45) is 5.09. The van der Waals surface area contributed by atoms with Crippen LogP contribution in [0.1, 0.15) is 10.4 Å². The summed E-state index contributed by atoms with van der Waals surface area (Å²) in [6, 6.07) is 3.84.